The molecule has 0 aliphatic carbocycles. The molecule has 0 spiro atoms. The quantitative estimate of drug-likeness (QED) is 0.103. The average molecular weight is 682 g/mol. The standard InChI is InChI=1S/C43H39NO7/c1-6-8-34(39(45)37-23-26(2)11-21-36(37)42(48)49)27-9-7-10-30(24-27)44-40(46)35-22-20-33(25-38(35)41(44)47)51-32-18-14-29(15-19-32)43(3,4)28-12-16-31(50-5)17-13-28/h7,9-25,34H,6,8H2,1-5H3,(H,48,49). The fraction of sp³-hybridized carbons (Fsp3) is 0.209. The van der Waals surface area contributed by atoms with Crippen LogP contribution in [0.4, 0.5) is 5.69 Å². The third kappa shape index (κ3) is 6.77. The monoisotopic (exact) mass is 681 g/mol. The molecular formula is C43H39NO7. The van der Waals surface area contributed by atoms with Crippen LogP contribution in [0.5, 0.6) is 17.2 Å². The highest BCUT2D eigenvalue weighted by Gasteiger charge is 2.38. The van der Waals surface area contributed by atoms with Crippen LogP contribution in [0.2, 0.25) is 0 Å². The molecule has 0 radical (unpaired) electrons. The summed E-state index contributed by atoms with van der Waals surface area (Å²) in [7, 11) is 1.64. The number of imide groups is 1. The molecule has 1 unspecified atom stereocenters. The van der Waals surface area contributed by atoms with Gasteiger partial charge in [-0.05, 0) is 96.8 Å². The number of nitrogens with zero attached hydrogens (tertiary/aromatic N) is 1. The molecule has 1 aliphatic rings. The molecular weight excluding hydrogens is 642 g/mol. The Hall–Kier alpha value is -6.02. The van der Waals surface area contributed by atoms with Gasteiger partial charge in [0, 0.05) is 16.9 Å². The Balaban J connectivity index is 1.22. The molecule has 0 fully saturated rings. The Morgan fingerprint density at radius 3 is 2.00 bits per heavy atom. The molecule has 5 aromatic rings. The Kier molecular flexibility index (Phi) is 9.61. The van der Waals surface area contributed by atoms with Crippen LogP contribution in [0.1, 0.15) is 103 Å². The molecule has 51 heavy (non-hydrogen) atoms. The van der Waals surface area contributed by atoms with Crippen molar-refractivity contribution in [1.82, 2.24) is 0 Å². The van der Waals surface area contributed by atoms with Crippen LogP contribution in [-0.2, 0) is 5.41 Å². The van der Waals surface area contributed by atoms with E-state index in [-0.39, 0.29) is 33.5 Å². The Morgan fingerprint density at radius 1 is 0.745 bits per heavy atom. The smallest absolute Gasteiger partial charge is 0.336 e. The second kappa shape index (κ2) is 14.1. The largest absolute Gasteiger partial charge is 0.497 e. The summed E-state index contributed by atoms with van der Waals surface area (Å²) in [5.41, 5.74) is 4.20. The van der Waals surface area contributed by atoms with Crippen LogP contribution in [-0.4, -0.2) is 35.8 Å². The second-order valence-electron chi connectivity index (χ2n) is 13.3. The highest BCUT2D eigenvalue weighted by molar-refractivity contribution is 6.34. The van der Waals surface area contributed by atoms with Crippen LogP contribution in [0.15, 0.2) is 109 Å². The van der Waals surface area contributed by atoms with Crippen LogP contribution in [0, 0.1) is 6.92 Å². The van der Waals surface area contributed by atoms with Gasteiger partial charge in [0.05, 0.1) is 29.5 Å². The topological polar surface area (TPSA) is 110 Å². The SMILES string of the molecule is CCCC(C(=O)c1cc(C)ccc1C(=O)O)c1cccc(N2C(=O)c3ccc(Oc4ccc(C(C)(C)c5ccc(OC)cc5)cc4)cc3C2=O)c1. The van der Waals surface area contributed by atoms with Gasteiger partial charge in [0.15, 0.2) is 5.78 Å². The number of carboxylic acid groups (broad SMARTS) is 1. The number of Topliss-reactive ketones (excluding diaryl/α,β-unsaturated/α-hetero) is 1. The van der Waals surface area contributed by atoms with E-state index < -0.39 is 23.7 Å². The number of benzene rings is 5. The van der Waals surface area contributed by atoms with Crippen LogP contribution >= 0.6 is 0 Å². The van der Waals surface area contributed by atoms with Gasteiger partial charge in [-0.1, -0.05) is 75.2 Å². The summed E-state index contributed by atoms with van der Waals surface area (Å²) in [6.45, 7) is 8.05. The first-order valence-electron chi connectivity index (χ1n) is 16.9. The van der Waals surface area contributed by atoms with Gasteiger partial charge in [0.2, 0.25) is 0 Å². The predicted molar refractivity (Wildman–Crippen MR) is 196 cm³/mol. The molecule has 2 amide bonds. The molecule has 0 aromatic heterocycles. The van der Waals surface area contributed by atoms with Gasteiger partial charge < -0.3 is 14.6 Å². The number of ketones is 1. The second-order valence-corrected chi connectivity index (χ2v) is 13.3. The van der Waals surface area contributed by atoms with E-state index >= 15 is 0 Å². The van der Waals surface area contributed by atoms with E-state index in [1.165, 1.54) is 6.07 Å². The highest BCUT2D eigenvalue weighted by atomic mass is 16.5. The van der Waals surface area contributed by atoms with Crippen molar-refractivity contribution < 1.29 is 33.8 Å². The number of ether oxygens (including phenoxy) is 2. The van der Waals surface area contributed by atoms with Gasteiger partial charge in [0.25, 0.3) is 11.8 Å². The van der Waals surface area contributed by atoms with Crippen molar-refractivity contribution in [2.45, 2.75) is 51.9 Å². The Bertz CT molecular complexity index is 2150. The third-order valence-electron chi connectivity index (χ3n) is 9.58. The Labute approximate surface area is 297 Å². The molecule has 6 rings (SSSR count). The zero-order chi connectivity index (χ0) is 36.4. The van der Waals surface area contributed by atoms with Gasteiger partial charge in [-0.3, -0.25) is 14.4 Å². The minimum Gasteiger partial charge on any atom is -0.497 e. The van der Waals surface area contributed by atoms with E-state index in [9.17, 15) is 24.3 Å². The number of hydrogen-bond donors (Lipinski definition) is 1. The fourth-order valence-corrected chi connectivity index (χ4v) is 6.62. The van der Waals surface area contributed by atoms with Crippen molar-refractivity contribution in [2.24, 2.45) is 0 Å². The van der Waals surface area contributed by atoms with Gasteiger partial charge in [0.1, 0.15) is 17.2 Å². The summed E-state index contributed by atoms with van der Waals surface area (Å²) in [5.74, 6) is -1.36. The van der Waals surface area contributed by atoms with E-state index in [2.05, 4.69) is 26.0 Å². The van der Waals surface area contributed by atoms with E-state index in [0.717, 1.165) is 27.3 Å². The predicted octanol–water partition coefficient (Wildman–Crippen LogP) is 9.39. The first kappa shape index (κ1) is 34.8. The summed E-state index contributed by atoms with van der Waals surface area (Å²) < 4.78 is 11.4. The number of rotatable bonds is 12. The van der Waals surface area contributed by atoms with Crippen molar-refractivity contribution in [2.75, 3.05) is 12.0 Å². The highest BCUT2D eigenvalue weighted by Crippen LogP contribution is 2.37. The average Bonchev–Trinajstić information content (AvgIpc) is 3.38. The maximum atomic E-state index is 13.9. The number of carbonyl (C=O) groups is 4. The molecule has 1 aliphatic heterocycles. The third-order valence-corrected chi connectivity index (χ3v) is 9.58. The number of aromatic carboxylic acids is 1. The number of anilines is 1. The van der Waals surface area contributed by atoms with E-state index in [4.69, 9.17) is 9.47 Å². The molecule has 0 saturated carbocycles. The van der Waals surface area contributed by atoms with E-state index in [1.54, 1.807) is 68.6 Å². The van der Waals surface area contributed by atoms with Gasteiger partial charge >= 0.3 is 5.97 Å². The van der Waals surface area contributed by atoms with Crippen molar-refractivity contribution >= 4 is 29.3 Å². The number of aryl methyl sites for hydroxylation is 1. The first-order valence-corrected chi connectivity index (χ1v) is 16.9. The Morgan fingerprint density at radius 2 is 1.37 bits per heavy atom. The number of methoxy groups -OCH3 is 1. The lowest BCUT2D eigenvalue weighted by Crippen LogP contribution is -2.29. The number of carboxylic acids is 1. The minimum atomic E-state index is -1.18. The number of hydrogen-bond acceptors (Lipinski definition) is 6. The minimum absolute atomic E-state index is 0.0606. The van der Waals surface area contributed by atoms with Crippen LogP contribution < -0.4 is 14.4 Å². The molecule has 0 bridgehead atoms. The van der Waals surface area contributed by atoms with Crippen molar-refractivity contribution in [3.8, 4) is 17.2 Å². The molecule has 1 N–H and O–H groups in total. The number of amides is 2. The summed E-state index contributed by atoms with van der Waals surface area (Å²) >= 11 is 0. The molecule has 8 nitrogen and oxygen atoms in total. The molecule has 1 atom stereocenters. The van der Waals surface area contributed by atoms with Crippen molar-refractivity contribution in [3.63, 3.8) is 0 Å². The van der Waals surface area contributed by atoms with Crippen LogP contribution in [0.3, 0.4) is 0 Å². The molecule has 8 heteroatoms. The summed E-state index contributed by atoms with van der Waals surface area (Å²) in [4.78, 5) is 54.3. The van der Waals surface area contributed by atoms with E-state index in [1.807, 2.05) is 43.3 Å². The lowest BCUT2D eigenvalue weighted by atomic mass is 9.78. The maximum Gasteiger partial charge on any atom is 0.336 e. The fourth-order valence-electron chi connectivity index (χ4n) is 6.62. The zero-order valence-corrected chi connectivity index (χ0v) is 29.2. The zero-order valence-electron chi connectivity index (χ0n) is 29.2. The van der Waals surface area contributed by atoms with Gasteiger partial charge in [-0.15, -0.1) is 0 Å². The maximum absolute atomic E-state index is 13.9. The first-order chi connectivity index (χ1) is 24.4. The van der Waals surface area contributed by atoms with E-state index in [0.29, 0.717) is 35.6 Å². The summed E-state index contributed by atoms with van der Waals surface area (Å²) in [5, 5.41) is 9.77. The van der Waals surface area contributed by atoms with Gasteiger partial charge in [-0.25, -0.2) is 9.69 Å². The lowest BCUT2D eigenvalue weighted by molar-refractivity contribution is 0.0690. The summed E-state index contributed by atoms with van der Waals surface area (Å²) in [6.07, 6.45) is 1.12. The molecule has 0 saturated heterocycles. The molecule has 1 heterocycles. The van der Waals surface area contributed by atoms with Crippen molar-refractivity contribution in [1.29, 1.82) is 0 Å². The molecule has 5 aromatic carbocycles. The molecule has 258 valence electrons. The summed E-state index contributed by atoms with van der Waals surface area (Å²) in [6, 6.07) is 32.1. The van der Waals surface area contributed by atoms with Gasteiger partial charge in [-0.2, -0.15) is 0 Å². The number of fused-ring (bicyclic) bond motifs is 1. The lowest BCUT2D eigenvalue weighted by Gasteiger charge is -2.26. The normalized spacial score (nSPS) is 13.2. The number of carbonyl (C=O) groups excluding carboxylic acids is 3. The van der Waals surface area contributed by atoms with Crippen LogP contribution in [0.25, 0.3) is 0 Å². The van der Waals surface area contributed by atoms with Crippen molar-refractivity contribution in [3.05, 3.63) is 154 Å².